The molecule has 1 amide bonds. The molecule has 1 saturated heterocycles. The van der Waals surface area contributed by atoms with Gasteiger partial charge in [0, 0.05) is 43.6 Å². The molecule has 2 unspecified atom stereocenters. The third kappa shape index (κ3) is 7.01. The largest absolute Gasteiger partial charge is 0.484 e. The zero-order valence-corrected chi connectivity index (χ0v) is 17.0. The molecule has 6 nitrogen and oxygen atoms in total. The molecular weight excluding hydrogens is 392 g/mol. The van der Waals surface area contributed by atoms with Crippen LogP contribution in [0.5, 0.6) is 5.75 Å². The van der Waals surface area contributed by atoms with Crippen LogP contribution in [0, 0.1) is 11.8 Å². The van der Waals surface area contributed by atoms with Crippen molar-refractivity contribution in [1.29, 1.82) is 0 Å². The van der Waals surface area contributed by atoms with Crippen molar-refractivity contribution in [2.45, 2.75) is 13.0 Å². The second-order valence-electron chi connectivity index (χ2n) is 7.18. The molecule has 0 saturated carbocycles. The average Bonchev–Trinajstić information content (AvgIpc) is 3.27. The summed E-state index contributed by atoms with van der Waals surface area (Å²) in [5.74, 6) is 1.06. The number of rotatable bonds is 10. The molecule has 3 N–H and O–H groups in total. The van der Waals surface area contributed by atoms with Gasteiger partial charge in [-0.15, -0.1) is 0 Å². The molecule has 0 bridgehead atoms. The van der Waals surface area contributed by atoms with Crippen LogP contribution in [0.25, 0.3) is 0 Å². The van der Waals surface area contributed by atoms with Crippen molar-refractivity contribution in [3.05, 3.63) is 59.1 Å². The topological polar surface area (TPSA) is 79.8 Å². The highest BCUT2D eigenvalue weighted by molar-refractivity contribution is 6.30. The van der Waals surface area contributed by atoms with Crippen LogP contribution in [-0.4, -0.2) is 44.0 Å². The number of carbonyl (C=O) groups excluding carboxylic acids is 1. The van der Waals surface area contributed by atoms with Crippen molar-refractivity contribution in [1.82, 2.24) is 5.32 Å². The van der Waals surface area contributed by atoms with Gasteiger partial charge in [-0.1, -0.05) is 23.7 Å². The minimum Gasteiger partial charge on any atom is -0.484 e. The standard InChI is InChI=1S/C22H27ClN2O4/c23-19-3-5-20(6-4-19)25-22(27)15-29-21-7-1-16(2-8-21)11-24-12-18(13-26)17-9-10-28-14-17/h1-8,17-18,24,26H,9-15H2,(H,25,27). The van der Waals surface area contributed by atoms with Crippen LogP contribution in [0.2, 0.25) is 5.02 Å². The van der Waals surface area contributed by atoms with Gasteiger partial charge in [-0.2, -0.15) is 0 Å². The van der Waals surface area contributed by atoms with Crippen molar-refractivity contribution in [2.24, 2.45) is 11.8 Å². The maximum Gasteiger partial charge on any atom is 0.262 e. The van der Waals surface area contributed by atoms with Gasteiger partial charge in [0.15, 0.2) is 6.61 Å². The summed E-state index contributed by atoms with van der Waals surface area (Å²) in [7, 11) is 0. The van der Waals surface area contributed by atoms with Crippen LogP contribution in [0.4, 0.5) is 5.69 Å². The van der Waals surface area contributed by atoms with E-state index in [2.05, 4.69) is 10.6 Å². The number of nitrogens with one attached hydrogen (secondary N) is 2. The van der Waals surface area contributed by atoms with Gasteiger partial charge < -0.3 is 25.2 Å². The number of halogens is 1. The number of aliphatic hydroxyl groups is 1. The number of hydrogen-bond donors (Lipinski definition) is 3. The highest BCUT2D eigenvalue weighted by Gasteiger charge is 2.24. The lowest BCUT2D eigenvalue weighted by atomic mass is 9.92. The minimum atomic E-state index is -0.232. The second kappa shape index (κ2) is 11.2. The lowest BCUT2D eigenvalue weighted by Crippen LogP contribution is -2.30. The fourth-order valence-electron chi connectivity index (χ4n) is 3.29. The van der Waals surface area contributed by atoms with Gasteiger partial charge in [-0.3, -0.25) is 4.79 Å². The summed E-state index contributed by atoms with van der Waals surface area (Å²) in [6.07, 6.45) is 1.02. The first-order valence-corrected chi connectivity index (χ1v) is 10.2. The Bertz CT molecular complexity index is 761. The molecular formula is C22H27ClN2O4. The molecule has 2 aromatic carbocycles. The Kier molecular flexibility index (Phi) is 8.31. The molecule has 0 aromatic heterocycles. The molecule has 1 aliphatic heterocycles. The summed E-state index contributed by atoms with van der Waals surface area (Å²) < 4.78 is 10.9. The van der Waals surface area contributed by atoms with Crippen LogP contribution in [0.3, 0.4) is 0 Å². The first-order chi connectivity index (χ1) is 14.1. The molecule has 0 aliphatic carbocycles. The number of benzene rings is 2. The quantitative estimate of drug-likeness (QED) is 0.552. The molecule has 2 aromatic rings. The number of hydrogen-bond acceptors (Lipinski definition) is 5. The monoisotopic (exact) mass is 418 g/mol. The molecule has 1 aliphatic rings. The van der Waals surface area contributed by atoms with Gasteiger partial charge in [0.2, 0.25) is 0 Å². The zero-order valence-electron chi connectivity index (χ0n) is 16.3. The van der Waals surface area contributed by atoms with Gasteiger partial charge in [0.1, 0.15) is 5.75 Å². The Morgan fingerprint density at radius 1 is 1.21 bits per heavy atom. The fourth-order valence-corrected chi connectivity index (χ4v) is 3.42. The first-order valence-electron chi connectivity index (χ1n) is 9.80. The van der Waals surface area contributed by atoms with E-state index >= 15 is 0 Å². The van der Waals surface area contributed by atoms with Crippen molar-refractivity contribution in [2.75, 3.05) is 38.3 Å². The van der Waals surface area contributed by atoms with Crippen LogP contribution in [0.15, 0.2) is 48.5 Å². The number of anilines is 1. The smallest absolute Gasteiger partial charge is 0.262 e. The first kappa shape index (κ1) is 21.6. The van der Waals surface area contributed by atoms with Crippen molar-refractivity contribution in [3.63, 3.8) is 0 Å². The lowest BCUT2D eigenvalue weighted by Gasteiger charge is -2.20. The summed E-state index contributed by atoms with van der Waals surface area (Å²) in [4.78, 5) is 12.0. The van der Waals surface area contributed by atoms with Gasteiger partial charge >= 0.3 is 0 Å². The Morgan fingerprint density at radius 2 is 1.97 bits per heavy atom. The van der Waals surface area contributed by atoms with Crippen LogP contribution in [0.1, 0.15) is 12.0 Å². The van der Waals surface area contributed by atoms with E-state index < -0.39 is 0 Å². The van der Waals surface area contributed by atoms with E-state index in [1.165, 1.54) is 0 Å². The maximum absolute atomic E-state index is 12.0. The Labute approximate surface area is 176 Å². The lowest BCUT2D eigenvalue weighted by molar-refractivity contribution is -0.118. The van der Waals surface area contributed by atoms with E-state index in [-0.39, 0.29) is 25.0 Å². The third-order valence-electron chi connectivity index (χ3n) is 5.02. The molecule has 0 radical (unpaired) electrons. The average molecular weight is 419 g/mol. The van der Waals surface area contributed by atoms with Crippen molar-refractivity contribution in [3.8, 4) is 5.75 Å². The highest BCUT2D eigenvalue weighted by Crippen LogP contribution is 2.21. The molecule has 1 heterocycles. The molecule has 7 heteroatoms. The fraction of sp³-hybridized carbons (Fsp3) is 0.409. The highest BCUT2D eigenvalue weighted by atomic mass is 35.5. The number of carbonyl (C=O) groups is 1. The second-order valence-corrected chi connectivity index (χ2v) is 7.62. The van der Waals surface area contributed by atoms with Gasteiger partial charge in [0.25, 0.3) is 5.91 Å². The maximum atomic E-state index is 12.0. The van der Waals surface area contributed by atoms with E-state index in [0.29, 0.717) is 28.9 Å². The van der Waals surface area contributed by atoms with Gasteiger partial charge in [-0.25, -0.2) is 0 Å². The Hall–Kier alpha value is -2.12. The van der Waals surface area contributed by atoms with Crippen LogP contribution in [-0.2, 0) is 16.1 Å². The molecule has 3 rings (SSSR count). The summed E-state index contributed by atoms with van der Waals surface area (Å²) in [5, 5.41) is 16.4. The van der Waals surface area contributed by atoms with Crippen molar-refractivity contribution >= 4 is 23.2 Å². The molecule has 29 heavy (non-hydrogen) atoms. The predicted molar refractivity (Wildman–Crippen MR) is 113 cm³/mol. The minimum absolute atomic E-state index is 0.0676. The summed E-state index contributed by atoms with van der Waals surface area (Å²) >= 11 is 5.83. The normalized spacial score (nSPS) is 17.1. The van der Waals surface area contributed by atoms with Crippen LogP contribution < -0.4 is 15.4 Å². The van der Waals surface area contributed by atoms with Gasteiger partial charge in [0.05, 0.1) is 0 Å². The zero-order chi connectivity index (χ0) is 20.5. The molecule has 2 atom stereocenters. The number of amides is 1. The Morgan fingerprint density at radius 3 is 2.62 bits per heavy atom. The van der Waals surface area contributed by atoms with Crippen LogP contribution >= 0.6 is 11.6 Å². The van der Waals surface area contributed by atoms with E-state index in [1.807, 2.05) is 24.3 Å². The van der Waals surface area contributed by atoms with Gasteiger partial charge in [-0.05, 0) is 60.2 Å². The Balaban J connectivity index is 1.38. The summed E-state index contributed by atoms with van der Waals surface area (Å²) in [6.45, 7) is 3.10. The summed E-state index contributed by atoms with van der Waals surface area (Å²) in [5.41, 5.74) is 1.79. The molecule has 156 valence electrons. The van der Waals surface area contributed by atoms with E-state index in [0.717, 1.165) is 31.7 Å². The SMILES string of the molecule is O=C(COc1ccc(CNCC(CO)C2CCOC2)cc1)Nc1ccc(Cl)cc1. The summed E-state index contributed by atoms with van der Waals surface area (Å²) in [6, 6.07) is 14.5. The van der Waals surface area contributed by atoms with Crippen molar-refractivity contribution < 1.29 is 19.4 Å². The molecule has 0 spiro atoms. The number of ether oxygens (including phenoxy) is 2. The molecule has 1 fully saturated rings. The van der Waals surface area contributed by atoms with E-state index in [9.17, 15) is 9.90 Å². The predicted octanol–water partition coefficient (Wildman–Crippen LogP) is 3.09. The number of aliphatic hydroxyl groups excluding tert-OH is 1. The third-order valence-corrected chi connectivity index (χ3v) is 5.27. The van der Waals surface area contributed by atoms with E-state index in [4.69, 9.17) is 21.1 Å². The van der Waals surface area contributed by atoms with E-state index in [1.54, 1.807) is 24.3 Å².